The molecule has 1 amide bonds. The van der Waals surface area contributed by atoms with Gasteiger partial charge < -0.3 is 14.2 Å². The Morgan fingerprint density at radius 2 is 1.83 bits per heavy atom. The molecule has 0 aliphatic carbocycles. The van der Waals surface area contributed by atoms with Crippen LogP contribution < -0.4 is 4.90 Å². The van der Waals surface area contributed by atoms with Crippen LogP contribution in [0.15, 0.2) is 30.3 Å². The van der Waals surface area contributed by atoms with Crippen LogP contribution in [0.4, 0.5) is 5.69 Å². The van der Waals surface area contributed by atoms with Gasteiger partial charge in [-0.3, -0.25) is 4.79 Å². The van der Waals surface area contributed by atoms with E-state index in [-0.39, 0.29) is 18.5 Å². The number of rotatable bonds is 7. The Balaban J connectivity index is 2.07. The quantitative estimate of drug-likeness (QED) is 0.560. The van der Waals surface area contributed by atoms with Crippen LogP contribution in [0, 0.1) is 27.7 Å². The number of ether oxygens (including phenoxy) is 1. The lowest BCUT2D eigenvalue weighted by Gasteiger charge is -2.32. The van der Waals surface area contributed by atoms with Gasteiger partial charge in [-0.1, -0.05) is 25.1 Å². The highest BCUT2D eigenvalue weighted by Crippen LogP contribution is 2.29. The van der Waals surface area contributed by atoms with Gasteiger partial charge in [-0.25, -0.2) is 4.98 Å². The van der Waals surface area contributed by atoms with E-state index < -0.39 is 0 Å². The summed E-state index contributed by atoms with van der Waals surface area (Å²) in [6.07, 6.45) is 0.867. The summed E-state index contributed by atoms with van der Waals surface area (Å²) < 4.78 is 7.44. The lowest BCUT2D eigenvalue weighted by molar-refractivity contribution is -0.119. The van der Waals surface area contributed by atoms with Gasteiger partial charge in [0.05, 0.1) is 29.4 Å². The molecule has 0 N–H and O–H groups in total. The second-order valence-corrected chi connectivity index (χ2v) is 8.17. The van der Waals surface area contributed by atoms with Crippen molar-refractivity contribution in [2.75, 3.05) is 18.6 Å². The maximum atomic E-state index is 13.7. The van der Waals surface area contributed by atoms with Crippen molar-refractivity contribution in [3.63, 3.8) is 0 Å². The predicted octanol–water partition coefficient (Wildman–Crippen LogP) is 4.90. The Morgan fingerprint density at radius 3 is 2.50 bits per heavy atom. The van der Waals surface area contributed by atoms with Gasteiger partial charge in [0.25, 0.3) is 0 Å². The van der Waals surface area contributed by atoms with E-state index in [9.17, 15) is 4.79 Å². The zero-order chi connectivity index (χ0) is 22.0. The van der Waals surface area contributed by atoms with Crippen LogP contribution in [-0.4, -0.2) is 35.2 Å². The SMILES string of the molecule is CCc1cccc(C)c1N(C(=O)Cn1c(C)nc2cc(C)c(C)cc21)C(C)COC. The largest absolute Gasteiger partial charge is 0.383 e. The van der Waals surface area contributed by atoms with Gasteiger partial charge in [0.1, 0.15) is 12.4 Å². The van der Waals surface area contributed by atoms with E-state index in [1.165, 1.54) is 16.7 Å². The fraction of sp³-hybridized carbons (Fsp3) is 0.440. The molecule has 30 heavy (non-hydrogen) atoms. The number of aromatic nitrogens is 2. The number of benzene rings is 2. The van der Waals surface area contributed by atoms with Gasteiger partial charge in [-0.05, 0) is 75.4 Å². The Bertz CT molecular complexity index is 1070. The third-order valence-corrected chi connectivity index (χ3v) is 5.91. The number of para-hydroxylation sites is 1. The zero-order valence-electron chi connectivity index (χ0n) is 19.2. The molecule has 0 saturated carbocycles. The maximum absolute atomic E-state index is 13.7. The molecule has 0 aliphatic rings. The number of anilines is 1. The number of hydrogen-bond acceptors (Lipinski definition) is 3. The Morgan fingerprint density at radius 1 is 1.13 bits per heavy atom. The average molecular weight is 408 g/mol. The first-order valence-corrected chi connectivity index (χ1v) is 10.6. The molecule has 0 bridgehead atoms. The Labute approximate surface area is 179 Å². The third-order valence-electron chi connectivity index (χ3n) is 5.91. The van der Waals surface area contributed by atoms with Gasteiger partial charge in [-0.2, -0.15) is 0 Å². The first kappa shape index (κ1) is 22.0. The molecule has 3 rings (SSSR count). The fourth-order valence-electron chi connectivity index (χ4n) is 4.17. The number of nitrogens with zero attached hydrogens (tertiary/aromatic N) is 3. The minimum absolute atomic E-state index is 0.0455. The van der Waals surface area contributed by atoms with Crippen molar-refractivity contribution in [3.8, 4) is 0 Å². The van der Waals surface area contributed by atoms with Crippen molar-refractivity contribution in [2.45, 2.75) is 60.5 Å². The smallest absolute Gasteiger partial charge is 0.247 e. The van der Waals surface area contributed by atoms with Crippen molar-refractivity contribution >= 4 is 22.6 Å². The van der Waals surface area contributed by atoms with Crippen molar-refractivity contribution < 1.29 is 9.53 Å². The summed E-state index contributed by atoms with van der Waals surface area (Å²) in [5.74, 6) is 0.896. The molecule has 5 nitrogen and oxygen atoms in total. The number of hydrogen-bond donors (Lipinski definition) is 0. The summed E-state index contributed by atoms with van der Waals surface area (Å²) in [5.41, 5.74) is 7.63. The highest BCUT2D eigenvalue weighted by atomic mass is 16.5. The van der Waals surface area contributed by atoms with E-state index in [1.807, 2.05) is 23.3 Å². The number of carbonyl (C=O) groups is 1. The summed E-state index contributed by atoms with van der Waals surface area (Å²) in [5, 5.41) is 0. The second-order valence-electron chi connectivity index (χ2n) is 8.17. The molecule has 0 aliphatic heterocycles. The monoisotopic (exact) mass is 407 g/mol. The number of imidazole rings is 1. The molecule has 2 aromatic carbocycles. The summed E-state index contributed by atoms with van der Waals surface area (Å²) in [4.78, 5) is 20.3. The number of methoxy groups -OCH3 is 1. The van der Waals surface area contributed by atoms with Crippen LogP contribution in [0.2, 0.25) is 0 Å². The van der Waals surface area contributed by atoms with E-state index in [0.717, 1.165) is 34.5 Å². The molecule has 1 unspecified atom stereocenters. The summed E-state index contributed by atoms with van der Waals surface area (Å²) in [7, 11) is 1.68. The van der Waals surface area contributed by atoms with Crippen LogP contribution >= 0.6 is 0 Å². The normalized spacial score (nSPS) is 12.4. The van der Waals surface area contributed by atoms with Crippen molar-refractivity contribution in [3.05, 3.63) is 58.4 Å². The van der Waals surface area contributed by atoms with Gasteiger partial charge in [-0.15, -0.1) is 0 Å². The summed E-state index contributed by atoms with van der Waals surface area (Å²) in [6, 6.07) is 10.4. The molecule has 5 heteroatoms. The molecule has 0 spiro atoms. The molecule has 1 atom stereocenters. The average Bonchev–Trinajstić information content (AvgIpc) is 2.98. The summed E-state index contributed by atoms with van der Waals surface area (Å²) >= 11 is 0. The fourth-order valence-corrected chi connectivity index (χ4v) is 4.17. The molecule has 1 heterocycles. The van der Waals surface area contributed by atoms with E-state index in [1.54, 1.807) is 7.11 Å². The van der Waals surface area contributed by atoms with Crippen LogP contribution in [0.25, 0.3) is 11.0 Å². The highest BCUT2D eigenvalue weighted by Gasteiger charge is 2.26. The van der Waals surface area contributed by atoms with Gasteiger partial charge >= 0.3 is 0 Å². The van der Waals surface area contributed by atoms with Gasteiger partial charge in [0.2, 0.25) is 5.91 Å². The molecule has 0 radical (unpaired) electrons. The minimum Gasteiger partial charge on any atom is -0.383 e. The molecular weight excluding hydrogens is 374 g/mol. The van der Waals surface area contributed by atoms with E-state index in [2.05, 4.69) is 58.0 Å². The highest BCUT2D eigenvalue weighted by molar-refractivity contribution is 5.96. The van der Waals surface area contributed by atoms with E-state index in [0.29, 0.717) is 6.61 Å². The van der Waals surface area contributed by atoms with Gasteiger partial charge in [0.15, 0.2) is 0 Å². The van der Waals surface area contributed by atoms with E-state index >= 15 is 0 Å². The minimum atomic E-state index is -0.0760. The van der Waals surface area contributed by atoms with Crippen molar-refractivity contribution in [1.29, 1.82) is 0 Å². The van der Waals surface area contributed by atoms with Crippen LogP contribution in [0.1, 0.15) is 41.9 Å². The Hall–Kier alpha value is -2.66. The predicted molar refractivity (Wildman–Crippen MR) is 123 cm³/mol. The lowest BCUT2D eigenvalue weighted by Crippen LogP contribution is -2.44. The second kappa shape index (κ2) is 9.00. The van der Waals surface area contributed by atoms with Crippen LogP contribution in [0.5, 0.6) is 0 Å². The van der Waals surface area contributed by atoms with Crippen molar-refractivity contribution in [1.82, 2.24) is 9.55 Å². The number of amides is 1. The van der Waals surface area contributed by atoms with Gasteiger partial charge in [0, 0.05) is 7.11 Å². The zero-order valence-corrected chi connectivity index (χ0v) is 19.2. The number of carbonyl (C=O) groups excluding carboxylic acids is 1. The topological polar surface area (TPSA) is 47.4 Å². The van der Waals surface area contributed by atoms with Crippen LogP contribution in [-0.2, 0) is 22.5 Å². The number of aryl methyl sites for hydroxylation is 5. The molecule has 160 valence electrons. The van der Waals surface area contributed by atoms with Crippen molar-refractivity contribution in [2.24, 2.45) is 0 Å². The Kier molecular flexibility index (Phi) is 6.61. The molecule has 0 fully saturated rings. The molecule has 3 aromatic rings. The van der Waals surface area contributed by atoms with Crippen LogP contribution in [0.3, 0.4) is 0 Å². The first-order chi connectivity index (χ1) is 14.3. The number of fused-ring (bicyclic) bond motifs is 1. The summed E-state index contributed by atoms with van der Waals surface area (Å²) in [6.45, 7) is 13.1. The lowest BCUT2D eigenvalue weighted by atomic mass is 10.0. The van der Waals surface area contributed by atoms with E-state index in [4.69, 9.17) is 9.72 Å². The maximum Gasteiger partial charge on any atom is 0.247 e. The first-order valence-electron chi connectivity index (χ1n) is 10.6. The molecule has 0 saturated heterocycles. The third kappa shape index (κ3) is 4.12. The molecule has 1 aromatic heterocycles. The molecular formula is C25H33N3O2. The standard InChI is InChI=1S/C25H33N3O2/c1-8-21-11-9-10-16(2)25(21)28(19(5)15-30-7)24(29)14-27-20(6)26-22-12-17(3)18(4)13-23(22)27/h9-13,19H,8,14-15H2,1-7H3.